The summed E-state index contributed by atoms with van der Waals surface area (Å²) < 4.78 is 0. The average molecular weight is 258 g/mol. The molecule has 0 nitrogen and oxygen atoms in total. The third-order valence-corrected chi connectivity index (χ3v) is 2.30. The van der Waals surface area contributed by atoms with E-state index in [1.807, 2.05) is 0 Å². The lowest BCUT2D eigenvalue weighted by molar-refractivity contribution is 0.963. The van der Waals surface area contributed by atoms with E-state index in [-0.39, 0.29) is 0 Å². The monoisotopic (exact) mass is 256 g/mol. The fourth-order valence-electron chi connectivity index (χ4n) is 0.605. The summed E-state index contributed by atoms with van der Waals surface area (Å²) in [7, 11) is 0. The molecule has 0 rings (SSSR count). The molecule has 0 atom stereocenters. The zero-order chi connectivity index (χ0) is 8.69. The maximum Gasteiger partial charge on any atom is 0.0297 e. The van der Waals surface area contributed by atoms with E-state index in [1.165, 1.54) is 11.1 Å². The summed E-state index contributed by atoms with van der Waals surface area (Å²) in [5.74, 6) is 0. The Morgan fingerprint density at radius 3 is 2.55 bits per heavy atom. The van der Waals surface area contributed by atoms with Crippen molar-refractivity contribution in [2.45, 2.75) is 19.8 Å². The Morgan fingerprint density at radius 1 is 1.45 bits per heavy atom. The van der Waals surface area contributed by atoms with Crippen LogP contribution in [0.1, 0.15) is 19.8 Å². The van der Waals surface area contributed by atoms with Crippen LogP contribution in [-0.4, -0.2) is 5.33 Å². The fraction of sp³-hybridized carbons (Fsp3) is 0.500. The fourth-order valence-corrected chi connectivity index (χ4v) is 1.36. The van der Waals surface area contributed by atoms with Gasteiger partial charge in [0.05, 0.1) is 0 Å². The van der Waals surface area contributed by atoms with Crippen LogP contribution in [0.2, 0.25) is 0 Å². The van der Waals surface area contributed by atoms with Gasteiger partial charge in [0.2, 0.25) is 0 Å². The first-order chi connectivity index (χ1) is 5.20. The van der Waals surface area contributed by atoms with Crippen molar-refractivity contribution < 1.29 is 0 Å². The molecule has 0 aromatic heterocycles. The number of allylic oxidation sites excluding steroid dienone is 3. The highest BCUT2D eigenvalue weighted by Gasteiger charge is 1.93. The highest BCUT2D eigenvalue weighted by Crippen LogP contribution is 2.15. The molecule has 0 aromatic carbocycles. The molecule has 64 valence electrons. The largest absolute Gasteiger partial charge is 0.0917 e. The third-order valence-electron chi connectivity index (χ3n) is 1.30. The first-order valence-electron chi connectivity index (χ1n) is 3.37. The summed E-state index contributed by atoms with van der Waals surface area (Å²) in [5.41, 5.74) is 2.75. The molecule has 0 saturated carbocycles. The molecule has 0 aliphatic carbocycles. The van der Waals surface area contributed by atoms with E-state index in [4.69, 9.17) is 23.2 Å². The van der Waals surface area contributed by atoms with Crippen LogP contribution < -0.4 is 0 Å². The highest BCUT2D eigenvalue weighted by atomic mass is 79.9. The molecule has 3 heteroatoms. The molecule has 0 saturated heterocycles. The minimum Gasteiger partial charge on any atom is -0.0917 e. The van der Waals surface area contributed by atoms with Crippen molar-refractivity contribution in [3.8, 4) is 0 Å². The number of halogens is 3. The van der Waals surface area contributed by atoms with Gasteiger partial charge in [-0.15, -0.1) is 0 Å². The molecule has 0 spiro atoms. The van der Waals surface area contributed by atoms with Crippen molar-refractivity contribution in [3.63, 3.8) is 0 Å². The predicted molar refractivity (Wildman–Crippen MR) is 56.6 cm³/mol. The van der Waals surface area contributed by atoms with Gasteiger partial charge in [-0.2, -0.15) is 0 Å². The highest BCUT2D eigenvalue weighted by molar-refractivity contribution is 9.09. The zero-order valence-corrected chi connectivity index (χ0v) is 9.51. The lowest BCUT2D eigenvalue weighted by atomic mass is 10.1. The molecular weight excluding hydrogens is 247 g/mol. The maximum atomic E-state index is 5.70. The first-order valence-corrected chi connectivity index (χ1v) is 5.30. The molecule has 0 unspecified atom stereocenters. The Labute approximate surface area is 86.4 Å². The number of alkyl halides is 1. The van der Waals surface area contributed by atoms with Crippen LogP contribution in [0.5, 0.6) is 0 Å². The summed E-state index contributed by atoms with van der Waals surface area (Å²) in [4.78, 5) is 0. The summed E-state index contributed by atoms with van der Waals surface area (Å²) >= 11 is 14.4. The van der Waals surface area contributed by atoms with Crippen molar-refractivity contribution in [1.29, 1.82) is 0 Å². The van der Waals surface area contributed by atoms with E-state index >= 15 is 0 Å². The van der Waals surface area contributed by atoms with Gasteiger partial charge in [0, 0.05) is 15.9 Å². The summed E-state index contributed by atoms with van der Waals surface area (Å²) in [6.45, 7) is 2.08. The Bertz CT molecular complexity index is 161. The van der Waals surface area contributed by atoms with Crippen LogP contribution in [-0.2, 0) is 0 Å². The van der Waals surface area contributed by atoms with Crippen LogP contribution in [0, 0.1) is 0 Å². The van der Waals surface area contributed by atoms with Gasteiger partial charge in [-0.3, -0.25) is 0 Å². The molecule has 0 heterocycles. The first kappa shape index (κ1) is 11.5. The van der Waals surface area contributed by atoms with Crippen molar-refractivity contribution in [2.75, 3.05) is 5.33 Å². The standard InChI is InChI=1S/C8H11BrCl2/c1-7(4-5-9)2-3-8(11)6-10/h4,6H,2-3,5H2,1H3. The van der Waals surface area contributed by atoms with E-state index < -0.39 is 0 Å². The smallest absolute Gasteiger partial charge is 0.0297 e. The Kier molecular flexibility index (Phi) is 7.56. The molecule has 0 aromatic rings. The number of rotatable bonds is 4. The minimum atomic E-state index is 0.717. The van der Waals surface area contributed by atoms with Gasteiger partial charge in [-0.25, -0.2) is 0 Å². The molecular formula is C8H11BrCl2. The normalized spacial score (nSPS) is 13.8. The Balaban J connectivity index is 3.62. The van der Waals surface area contributed by atoms with E-state index in [0.717, 1.165) is 18.2 Å². The lowest BCUT2D eigenvalue weighted by Gasteiger charge is -1.98. The second-order valence-corrected chi connectivity index (χ2v) is 3.61. The maximum absolute atomic E-state index is 5.70. The quantitative estimate of drug-likeness (QED) is 0.517. The minimum absolute atomic E-state index is 0.717. The van der Waals surface area contributed by atoms with Crippen LogP contribution in [0.25, 0.3) is 0 Å². The summed E-state index contributed by atoms with van der Waals surface area (Å²) in [6, 6.07) is 0. The van der Waals surface area contributed by atoms with E-state index in [2.05, 4.69) is 28.9 Å². The predicted octanol–water partition coefficient (Wildman–Crippen LogP) is 4.43. The van der Waals surface area contributed by atoms with E-state index in [1.54, 1.807) is 0 Å². The van der Waals surface area contributed by atoms with E-state index in [9.17, 15) is 0 Å². The van der Waals surface area contributed by atoms with Crippen molar-refractivity contribution >= 4 is 39.1 Å². The van der Waals surface area contributed by atoms with Gasteiger partial charge >= 0.3 is 0 Å². The Morgan fingerprint density at radius 2 is 2.09 bits per heavy atom. The van der Waals surface area contributed by atoms with Gasteiger partial charge in [0.25, 0.3) is 0 Å². The second-order valence-electron chi connectivity index (χ2n) is 2.26. The molecule has 0 aliphatic heterocycles. The molecule has 0 aliphatic rings. The topological polar surface area (TPSA) is 0 Å². The van der Waals surface area contributed by atoms with Crippen molar-refractivity contribution in [1.82, 2.24) is 0 Å². The van der Waals surface area contributed by atoms with Gasteiger partial charge in [0.15, 0.2) is 0 Å². The van der Waals surface area contributed by atoms with Crippen LogP contribution in [0.15, 0.2) is 22.2 Å². The summed E-state index contributed by atoms with van der Waals surface area (Å²) in [5, 5.41) is 1.62. The number of hydrogen-bond acceptors (Lipinski definition) is 0. The Hall–Kier alpha value is 0.540. The summed E-state index contributed by atoms with van der Waals surface area (Å²) in [6.07, 6.45) is 3.94. The molecule has 0 amide bonds. The average Bonchev–Trinajstić information content (AvgIpc) is 2.01. The van der Waals surface area contributed by atoms with Crippen LogP contribution >= 0.6 is 39.1 Å². The van der Waals surface area contributed by atoms with E-state index in [0.29, 0.717) is 5.03 Å². The molecule has 11 heavy (non-hydrogen) atoms. The molecule has 0 bridgehead atoms. The molecule has 0 N–H and O–H groups in total. The van der Waals surface area contributed by atoms with Crippen LogP contribution in [0.3, 0.4) is 0 Å². The van der Waals surface area contributed by atoms with Gasteiger partial charge in [0.1, 0.15) is 0 Å². The van der Waals surface area contributed by atoms with Crippen molar-refractivity contribution in [2.24, 2.45) is 0 Å². The molecule has 0 radical (unpaired) electrons. The zero-order valence-electron chi connectivity index (χ0n) is 6.41. The number of hydrogen-bond donors (Lipinski definition) is 0. The second kappa shape index (κ2) is 7.20. The van der Waals surface area contributed by atoms with Crippen LogP contribution in [0.4, 0.5) is 0 Å². The third kappa shape index (κ3) is 6.92. The van der Waals surface area contributed by atoms with Gasteiger partial charge in [-0.1, -0.05) is 50.8 Å². The lowest BCUT2D eigenvalue weighted by Crippen LogP contribution is -1.79. The molecule has 0 fully saturated rings. The van der Waals surface area contributed by atoms with Crippen molar-refractivity contribution in [3.05, 3.63) is 22.2 Å². The van der Waals surface area contributed by atoms with Gasteiger partial charge < -0.3 is 0 Å². The van der Waals surface area contributed by atoms with Gasteiger partial charge in [-0.05, 0) is 19.8 Å². The SMILES string of the molecule is CC(=CCBr)CCC(Cl)=CCl.